The zero-order chi connectivity index (χ0) is 43.0. The topological polar surface area (TPSA) is 70.9 Å². The van der Waals surface area contributed by atoms with Crippen molar-refractivity contribution in [3.8, 4) is 0 Å². The van der Waals surface area contributed by atoms with E-state index in [1.165, 1.54) is 47.5 Å². The summed E-state index contributed by atoms with van der Waals surface area (Å²) in [5, 5.41) is 3.36. The van der Waals surface area contributed by atoms with Crippen LogP contribution in [0, 0.1) is 12.8 Å². The lowest BCUT2D eigenvalue weighted by atomic mass is 9.89. The maximum Gasteiger partial charge on any atom is 0.426 e. The van der Waals surface area contributed by atoms with Crippen molar-refractivity contribution in [1.82, 2.24) is 0 Å². The first kappa shape index (κ1) is 46.9. The van der Waals surface area contributed by atoms with Gasteiger partial charge in [-0.1, -0.05) is 131 Å². The Labute approximate surface area is 353 Å². The van der Waals surface area contributed by atoms with Gasteiger partial charge in [0.25, 0.3) is 0 Å². The van der Waals surface area contributed by atoms with Crippen molar-refractivity contribution < 1.29 is 28.6 Å². The zero-order valence-electron chi connectivity index (χ0n) is 34.8. The van der Waals surface area contributed by atoms with E-state index in [4.69, 9.17) is 4.99 Å². The molecule has 1 N–H and O–H groups in total. The molecule has 59 heavy (non-hydrogen) atoms. The maximum atomic E-state index is 14.6. The average molecular weight is 830 g/mol. The van der Waals surface area contributed by atoms with Crippen LogP contribution in [0.4, 0.5) is 28.0 Å². The number of anilines is 1. The van der Waals surface area contributed by atoms with Gasteiger partial charge in [-0.05, 0) is 115 Å². The summed E-state index contributed by atoms with van der Waals surface area (Å²) < 4.78 is 54.2. The number of halogens is 4. The van der Waals surface area contributed by atoms with Gasteiger partial charge in [-0.2, -0.15) is 18.2 Å². The van der Waals surface area contributed by atoms with Crippen LogP contribution in [-0.2, 0) is 23.3 Å². The minimum Gasteiger partial charge on any atom is -0.306 e. The van der Waals surface area contributed by atoms with E-state index in [1.54, 1.807) is 24.3 Å². The number of fused-ring (bicyclic) bond motifs is 1. The Morgan fingerprint density at radius 1 is 1.03 bits per heavy atom. The van der Waals surface area contributed by atoms with Gasteiger partial charge in [0.05, 0.1) is 11.8 Å². The average Bonchev–Trinajstić information content (AvgIpc) is 3.42. The van der Waals surface area contributed by atoms with Gasteiger partial charge in [-0.15, -0.1) is 6.58 Å². The van der Waals surface area contributed by atoms with Crippen LogP contribution in [0.1, 0.15) is 119 Å². The molecular weight excluding hydrogens is 771 g/mol. The van der Waals surface area contributed by atoms with E-state index < -0.39 is 24.3 Å². The Kier molecular flexibility index (Phi) is 17.9. The number of hydrogen-bond acceptors (Lipinski definition) is 4. The molecule has 1 aliphatic carbocycles. The quantitative estimate of drug-likeness (QED) is 0.0807. The third kappa shape index (κ3) is 13.3. The van der Waals surface area contributed by atoms with Gasteiger partial charge in [0.1, 0.15) is 10.8 Å². The molecule has 10 heteroatoms. The molecule has 0 aromatic heterocycles. The largest absolute Gasteiger partial charge is 0.426 e. The second-order valence-corrected chi connectivity index (χ2v) is 16.0. The third-order valence-corrected chi connectivity index (χ3v) is 11.7. The predicted molar refractivity (Wildman–Crippen MR) is 242 cm³/mol. The number of carbonyl (C=O) groups is 2. The van der Waals surface area contributed by atoms with Crippen LogP contribution in [0.25, 0.3) is 6.08 Å². The predicted octanol–water partition coefficient (Wildman–Crippen LogP) is 14.2. The van der Waals surface area contributed by atoms with Gasteiger partial charge in [-0.25, -0.2) is 9.18 Å². The summed E-state index contributed by atoms with van der Waals surface area (Å²) in [6, 6.07) is 17.4. The van der Waals surface area contributed by atoms with Gasteiger partial charge < -0.3 is 5.32 Å². The van der Waals surface area contributed by atoms with Crippen LogP contribution >= 0.6 is 11.8 Å². The number of benzene rings is 3. The van der Waals surface area contributed by atoms with Crippen LogP contribution in [0.3, 0.4) is 0 Å². The Morgan fingerprint density at radius 3 is 2.49 bits per heavy atom. The molecule has 3 aromatic carbocycles. The first-order chi connectivity index (χ1) is 28.2. The molecule has 0 radical (unpaired) electrons. The van der Waals surface area contributed by atoms with E-state index in [9.17, 15) is 27.2 Å². The normalized spacial score (nSPS) is 19.2. The van der Waals surface area contributed by atoms with Gasteiger partial charge >= 0.3 is 12.2 Å². The summed E-state index contributed by atoms with van der Waals surface area (Å²) in [4.78, 5) is 33.2. The molecule has 0 fully saturated rings. The van der Waals surface area contributed by atoms with Gasteiger partial charge in [0.15, 0.2) is 0 Å². The lowest BCUT2D eigenvalue weighted by molar-refractivity contribution is -0.236. The van der Waals surface area contributed by atoms with Gasteiger partial charge in [0.2, 0.25) is 5.67 Å². The zero-order valence-corrected chi connectivity index (χ0v) is 35.6. The Bertz CT molecular complexity index is 2060. The van der Waals surface area contributed by atoms with Crippen molar-refractivity contribution in [3.05, 3.63) is 143 Å². The third-order valence-electron chi connectivity index (χ3n) is 10.7. The van der Waals surface area contributed by atoms with Gasteiger partial charge in [0, 0.05) is 19.5 Å². The molecular formula is C49H59F4N3O2S. The summed E-state index contributed by atoms with van der Waals surface area (Å²) in [5.41, 5.74) is 4.03. The number of amides is 2. The number of thioether (sulfide) groups is 1. The summed E-state index contributed by atoms with van der Waals surface area (Å²) in [6.07, 6.45) is 15.5. The summed E-state index contributed by atoms with van der Waals surface area (Å²) >= 11 is 1.25. The van der Waals surface area contributed by atoms with E-state index in [0.29, 0.717) is 41.7 Å². The minimum absolute atomic E-state index is 0. The van der Waals surface area contributed by atoms with Crippen molar-refractivity contribution in [1.29, 1.82) is 0 Å². The molecule has 5 nitrogen and oxygen atoms in total. The number of unbranched alkanes of at least 4 members (excludes halogenated alkanes) is 2. The molecule has 1 heterocycles. The molecule has 316 valence electrons. The number of urea groups is 1. The van der Waals surface area contributed by atoms with Crippen LogP contribution in [0.2, 0.25) is 0 Å². The number of aryl methyl sites for hydroxylation is 3. The highest BCUT2D eigenvalue weighted by atomic mass is 32.2. The Hall–Kier alpha value is -4.83. The number of allylic oxidation sites excluding steroid dienone is 4. The first-order valence-corrected chi connectivity index (χ1v) is 21.4. The number of alkyl halides is 4. The fraction of sp³-hybridized carbons (Fsp3) is 0.388. The second-order valence-electron chi connectivity index (χ2n) is 15.1. The monoisotopic (exact) mass is 829 g/mol. The maximum absolute atomic E-state index is 14.6. The Morgan fingerprint density at radius 2 is 1.80 bits per heavy atom. The highest BCUT2D eigenvalue weighted by molar-refractivity contribution is 8.14. The molecule has 3 aromatic rings. The van der Waals surface area contributed by atoms with Crippen LogP contribution in [0.15, 0.2) is 114 Å². The van der Waals surface area contributed by atoms with E-state index in [2.05, 4.69) is 73.2 Å². The number of ketones is 1. The molecule has 0 bridgehead atoms. The number of aliphatic imine (C=N–C) groups is 2. The lowest BCUT2D eigenvalue weighted by Gasteiger charge is -2.27. The number of hydrogen-bond donors (Lipinski definition) is 1. The van der Waals surface area contributed by atoms with E-state index >= 15 is 0 Å². The summed E-state index contributed by atoms with van der Waals surface area (Å²) in [7, 11) is 0. The number of Topliss-reactive ketones (excluding diaryl/α,β-unsaturated/α-hetero) is 1. The molecule has 4 unspecified atom stereocenters. The fourth-order valence-corrected chi connectivity index (χ4v) is 7.76. The molecule has 1 aliphatic heterocycles. The minimum atomic E-state index is -4.95. The molecule has 0 saturated heterocycles. The number of rotatable bonds is 13. The molecule has 2 aliphatic rings. The van der Waals surface area contributed by atoms with Crippen molar-refractivity contribution in [2.24, 2.45) is 15.9 Å². The van der Waals surface area contributed by atoms with Crippen LogP contribution in [0.5, 0.6) is 0 Å². The highest BCUT2D eigenvalue weighted by Crippen LogP contribution is 2.45. The molecule has 5 rings (SSSR count). The fourth-order valence-electron chi connectivity index (χ4n) is 6.99. The second kappa shape index (κ2) is 22.5. The number of carbonyl (C=O) groups excluding carboxylic acids is 2. The van der Waals surface area contributed by atoms with E-state index in [1.807, 2.05) is 44.3 Å². The molecule has 4 atom stereocenters. The van der Waals surface area contributed by atoms with Gasteiger partial charge in [-0.3, -0.25) is 9.79 Å². The SMILES string of the molecule is C=CC(C)C(N=CCCCCc1ccc(C(F)(CC)C(F)(F)F)cc1)c1ccc(NC(=O)/N=C2/C=CCC(=O)CS2)c(CC)c1.Cc1cccc2c1/C=C\C=C\CC2C.[HH]. The smallest absolute Gasteiger partial charge is 0.306 e. The van der Waals surface area contributed by atoms with Crippen LogP contribution in [-0.4, -0.2) is 35.0 Å². The van der Waals surface area contributed by atoms with Crippen molar-refractivity contribution in [3.63, 3.8) is 0 Å². The number of nitrogens with one attached hydrogen (secondary N) is 1. The molecule has 0 spiro atoms. The molecule has 2 amide bonds. The van der Waals surface area contributed by atoms with Crippen molar-refractivity contribution in [2.75, 3.05) is 11.1 Å². The van der Waals surface area contributed by atoms with E-state index in [0.717, 1.165) is 42.4 Å². The lowest BCUT2D eigenvalue weighted by Crippen LogP contribution is -2.37. The van der Waals surface area contributed by atoms with Crippen LogP contribution < -0.4 is 5.32 Å². The van der Waals surface area contributed by atoms with Crippen molar-refractivity contribution >= 4 is 46.6 Å². The first-order valence-electron chi connectivity index (χ1n) is 20.5. The standard InChI is InChI=1S/C35H41F4N3O2S.C14H16.H2/c1-5-24(4)32(40-21-10-8-9-12-25-15-18-28(19-16-25)34(36,7-3)35(37,38)39)27-17-20-30(26(6-2)22-27)41-33(44)42-31-14-11-13-29(43)23-45-31;1-11-7-4-3-5-9-13-12(2)8-6-10-14(11)13;/h5,11,14-22,24,32H,1,6-10,12-13,23H2,2-4H3,(H,41,44);3-6,8-11H,7H2,1-2H3;1H/b40-21?,42-31-;4-3+,9-5-;. The summed E-state index contributed by atoms with van der Waals surface area (Å²) in [5.74, 6) is 1.07. The Balaban J connectivity index is 0.000000536. The van der Waals surface area contributed by atoms with Crippen molar-refractivity contribution in [2.45, 2.75) is 110 Å². The van der Waals surface area contributed by atoms with E-state index in [-0.39, 0.29) is 24.7 Å². The number of nitrogens with zero attached hydrogens (tertiary/aromatic N) is 2. The highest BCUT2D eigenvalue weighted by Gasteiger charge is 2.55. The summed E-state index contributed by atoms with van der Waals surface area (Å²) in [6.45, 7) is 13.7. The molecule has 0 saturated carbocycles.